The van der Waals surface area contributed by atoms with Crippen LogP contribution in [0.1, 0.15) is 89.5 Å². The number of hydrogen-bond acceptors (Lipinski definition) is 4. The maximum atomic E-state index is 16.0. The van der Waals surface area contributed by atoms with Gasteiger partial charge in [0.1, 0.15) is 12.2 Å². The first-order valence-corrected chi connectivity index (χ1v) is 15.9. The predicted octanol–water partition coefficient (Wildman–Crippen LogP) is 8.62. The van der Waals surface area contributed by atoms with E-state index in [9.17, 15) is 22.9 Å². The van der Waals surface area contributed by atoms with Crippen molar-refractivity contribution in [2.75, 3.05) is 18.0 Å². The summed E-state index contributed by atoms with van der Waals surface area (Å²) in [7, 11) is 0. The minimum absolute atomic E-state index is 0.0986. The standard InChI is InChI=1S/C35H40F4N2O2/c1-3-31(42)34(15-16-35(37,38)39)14-13-29-27-20-30(36)26-19-23(40-43)9-12-25(26)32(27)28(21-33(29,34)2)22-7-10-24(11-8-22)41-17-5-4-6-18-41/h7-8,10-11,19,23,27-30H,3-6,9,12-14,17-18,20-21H2,1-2H3/t23?,27-,28?,29-,30?,33-,34-/m0/s1. The van der Waals surface area contributed by atoms with Crippen molar-refractivity contribution in [2.45, 2.75) is 102 Å². The summed E-state index contributed by atoms with van der Waals surface area (Å²) < 4.78 is 56.5. The molecule has 0 amide bonds. The second-order valence-corrected chi connectivity index (χ2v) is 13.5. The molecular weight excluding hydrogens is 556 g/mol. The van der Waals surface area contributed by atoms with E-state index in [1.165, 1.54) is 12.3 Å². The molecule has 4 nitrogen and oxygen atoms in total. The molecule has 0 bridgehead atoms. The number of nitrogens with zero attached hydrogens (tertiary/aromatic N) is 2. The first kappa shape index (κ1) is 30.1. The van der Waals surface area contributed by atoms with Crippen molar-refractivity contribution in [3.63, 3.8) is 0 Å². The number of carbonyl (C=O) groups excluding carboxylic acids is 1. The van der Waals surface area contributed by atoms with E-state index < -0.39 is 29.2 Å². The molecule has 0 spiro atoms. The van der Waals surface area contributed by atoms with E-state index >= 15 is 4.39 Å². The number of anilines is 1. The SMILES string of the molecule is CCC(=O)[C@@]1(C#CC(F)(F)F)CC[C@H]2[C@@H]3CC(F)C4=CC(N=O)CCC4=C3C(c3ccc(N4CCCCC4)cc3)C[C@@]21C. The molecule has 1 aromatic carbocycles. The summed E-state index contributed by atoms with van der Waals surface area (Å²) in [6, 6.07) is 7.94. The molecule has 3 fully saturated rings. The number of halogens is 4. The van der Waals surface area contributed by atoms with Crippen LogP contribution in [0.5, 0.6) is 0 Å². The smallest absolute Gasteiger partial charge is 0.372 e. The van der Waals surface area contributed by atoms with Crippen molar-refractivity contribution in [1.82, 2.24) is 0 Å². The highest BCUT2D eigenvalue weighted by Crippen LogP contribution is 2.70. The highest BCUT2D eigenvalue weighted by Gasteiger charge is 2.65. The third kappa shape index (κ3) is 5.05. The van der Waals surface area contributed by atoms with Gasteiger partial charge in [-0.1, -0.05) is 48.7 Å². The van der Waals surface area contributed by atoms with Gasteiger partial charge < -0.3 is 4.90 Å². The first-order valence-electron chi connectivity index (χ1n) is 15.9. The molecule has 5 aliphatic rings. The summed E-state index contributed by atoms with van der Waals surface area (Å²) in [4.78, 5) is 27.5. The zero-order valence-electron chi connectivity index (χ0n) is 25.0. The van der Waals surface area contributed by atoms with E-state index in [0.717, 1.165) is 48.3 Å². The zero-order valence-corrected chi connectivity index (χ0v) is 25.0. The van der Waals surface area contributed by atoms with Gasteiger partial charge in [0.15, 0.2) is 5.78 Å². The first-order chi connectivity index (χ1) is 20.5. The van der Waals surface area contributed by atoms with Crippen LogP contribution in [-0.4, -0.2) is 37.3 Å². The minimum atomic E-state index is -4.71. The highest BCUT2D eigenvalue weighted by molar-refractivity contribution is 5.89. The molecule has 8 heteroatoms. The number of rotatable bonds is 5. The van der Waals surface area contributed by atoms with Crippen molar-refractivity contribution in [3.05, 3.63) is 57.5 Å². The molecule has 0 aromatic heterocycles. The molecule has 4 aliphatic carbocycles. The van der Waals surface area contributed by atoms with Crippen LogP contribution in [0.2, 0.25) is 0 Å². The lowest BCUT2D eigenvalue weighted by atomic mass is 9.48. The lowest BCUT2D eigenvalue weighted by Crippen LogP contribution is -2.51. The minimum Gasteiger partial charge on any atom is -0.372 e. The Hall–Kier alpha value is -2.95. The van der Waals surface area contributed by atoms with E-state index in [1.807, 2.05) is 6.92 Å². The molecule has 1 saturated heterocycles. The number of fused-ring (bicyclic) bond motifs is 4. The summed E-state index contributed by atoms with van der Waals surface area (Å²) in [6.45, 7) is 5.66. The van der Waals surface area contributed by atoms with Crippen LogP contribution in [-0.2, 0) is 4.79 Å². The molecule has 0 radical (unpaired) electrons. The van der Waals surface area contributed by atoms with E-state index in [4.69, 9.17) is 0 Å². The van der Waals surface area contributed by atoms with Crippen LogP contribution in [0.3, 0.4) is 0 Å². The van der Waals surface area contributed by atoms with Gasteiger partial charge in [0.25, 0.3) is 0 Å². The van der Waals surface area contributed by atoms with Gasteiger partial charge in [-0.2, -0.15) is 18.1 Å². The molecule has 0 N–H and O–H groups in total. The lowest BCUT2D eigenvalue weighted by Gasteiger charge is -2.55. The Morgan fingerprint density at radius 3 is 2.49 bits per heavy atom. The van der Waals surface area contributed by atoms with E-state index in [1.54, 1.807) is 13.0 Å². The Morgan fingerprint density at radius 1 is 1.12 bits per heavy atom. The number of nitroso groups, excluding NO2 is 1. The van der Waals surface area contributed by atoms with Crippen LogP contribution in [0.25, 0.3) is 0 Å². The van der Waals surface area contributed by atoms with Gasteiger partial charge in [-0.25, -0.2) is 4.39 Å². The van der Waals surface area contributed by atoms with Crippen LogP contribution in [0.15, 0.2) is 52.2 Å². The van der Waals surface area contributed by atoms with Crippen LogP contribution in [0, 0.1) is 39.4 Å². The van der Waals surface area contributed by atoms with Crippen LogP contribution < -0.4 is 4.90 Å². The maximum Gasteiger partial charge on any atom is 0.457 e. The molecule has 230 valence electrons. The number of hydrogen-bond donors (Lipinski definition) is 0. The average Bonchev–Trinajstić information content (AvgIpc) is 3.32. The molecule has 3 unspecified atom stereocenters. The summed E-state index contributed by atoms with van der Waals surface area (Å²) in [5.41, 5.74) is 2.56. The second kappa shape index (κ2) is 11.2. The average molecular weight is 597 g/mol. The third-order valence-corrected chi connectivity index (χ3v) is 11.4. The normalized spacial score (nSPS) is 35.6. The lowest BCUT2D eigenvalue weighted by molar-refractivity contribution is -0.132. The molecule has 2 saturated carbocycles. The van der Waals surface area contributed by atoms with Crippen molar-refractivity contribution >= 4 is 11.5 Å². The van der Waals surface area contributed by atoms with Gasteiger partial charge in [-0.15, -0.1) is 0 Å². The van der Waals surface area contributed by atoms with Gasteiger partial charge in [-0.05, 0) is 104 Å². The van der Waals surface area contributed by atoms with Crippen molar-refractivity contribution < 1.29 is 22.4 Å². The topological polar surface area (TPSA) is 49.7 Å². The molecule has 1 heterocycles. The molecule has 1 aliphatic heterocycles. The fourth-order valence-corrected chi connectivity index (χ4v) is 9.44. The van der Waals surface area contributed by atoms with Crippen LogP contribution in [0.4, 0.5) is 23.2 Å². The fraction of sp³-hybridized carbons (Fsp3) is 0.629. The zero-order chi connectivity index (χ0) is 30.6. The highest BCUT2D eigenvalue weighted by atomic mass is 19.4. The summed E-state index contributed by atoms with van der Waals surface area (Å²) in [5, 5.41) is 3.20. The summed E-state index contributed by atoms with van der Waals surface area (Å²) in [6.07, 6.45) is 1.86. The number of benzene rings is 1. The van der Waals surface area contributed by atoms with Gasteiger partial charge in [0.05, 0.1) is 5.41 Å². The van der Waals surface area contributed by atoms with Gasteiger partial charge in [-0.3, -0.25) is 4.79 Å². The Bertz CT molecular complexity index is 1400. The number of ketones is 1. The number of Topliss-reactive ketones (excluding diaryl/α,β-unsaturated/α-hetero) is 1. The fourth-order valence-electron chi connectivity index (χ4n) is 9.44. The number of alkyl halides is 4. The van der Waals surface area contributed by atoms with Crippen molar-refractivity contribution in [1.29, 1.82) is 0 Å². The van der Waals surface area contributed by atoms with E-state index in [-0.39, 0.29) is 42.8 Å². The Kier molecular flexibility index (Phi) is 7.84. The van der Waals surface area contributed by atoms with Gasteiger partial charge in [0, 0.05) is 37.0 Å². The molecule has 6 rings (SSSR count). The Balaban J connectivity index is 1.50. The molecule has 43 heavy (non-hydrogen) atoms. The predicted molar refractivity (Wildman–Crippen MR) is 159 cm³/mol. The number of carbonyl (C=O) groups is 1. The second-order valence-electron chi connectivity index (χ2n) is 13.5. The van der Waals surface area contributed by atoms with Gasteiger partial charge in [0.2, 0.25) is 0 Å². The summed E-state index contributed by atoms with van der Waals surface area (Å²) >= 11 is 0. The van der Waals surface area contributed by atoms with E-state index in [2.05, 4.69) is 40.3 Å². The quantitative estimate of drug-likeness (QED) is 0.194. The molecule has 7 atom stereocenters. The van der Waals surface area contributed by atoms with E-state index in [0.29, 0.717) is 31.3 Å². The largest absolute Gasteiger partial charge is 0.457 e. The number of piperidine rings is 1. The Labute approximate surface area is 251 Å². The van der Waals surface area contributed by atoms with Crippen molar-refractivity contribution in [2.24, 2.45) is 27.8 Å². The Morgan fingerprint density at radius 2 is 1.84 bits per heavy atom. The third-order valence-electron chi connectivity index (χ3n) is 11.4. The number of allylic oxidation sites excluding steroid dienone is 3. The molecule has 1 aromatic rings. The van der Waals surface area contributed by atoms with Gasteiger partial charge >= 0.3 is 6.18 Å². The monoisotopic (exact) mass is 596 g/mol. The molecular formula is C35H40F4N2O2. The van der Waals surface area contributed by atoms with Crippen molar-refractivity contribution in [3.8, 4) is 11.8 Å². The summed E-state index contributed by atoms with van der Waals surface area (Å²) in [5.74, 6) is 3.20. The van der Waals surface area contributed by atoms with Crippen LogP contribution >= 0.6 is 0 Å². The maximum absolute atomic E-state index is 16.0.